The molecule has 0 bridgehead atoms. The summed E-state index contributed by atoms with van der Waals surface area (Å²) in [7, 11) is 0. The second kappa shape index (κ2) is 5.72. The van der Waals surface area contributed by atoms with Crippen molar-refractivity contribution in [2.45, 2.75) is 0 Å². The third-order valence-electron chi connectivity index (χ3n) is 1.67. The van der Waals surface area contributed by atoms with Crippen LogP contribution >= 0.6 is 0 Å². The minimum atomic E-state index is -1.37. The molecule has 1 aromatic carbocycles. The first kappa shape index (κ1) is 14.7. The van der Waals surface area contributed by atoms with Crippen LogP contribution in [0.15, 0.2) is 18.2 Å². The standard InChI is InChI=1S/C9H6O6.Y/c10-7(11)4-1-5(8(12)13)3-6(2-4)9(14)15;/h1-3H,(H,10,11)(H,12,13)(H,14,15);. The van der Waals surface area contributed by atoms with Crippen LogP contribution in [-0.2, 0) is 32.7 Å². The molecule has 0 heterocycles. The summed E-state index contributed by atoms with van der Waals surface area (Å²) >= 11 is 0. The number of rotatable bonds is 3. The fourth-order valence-corrected chi connectivity index (χ4v) is 0.998. The number of carboxylic acids is 3. The molecule has 0 aliphatic heterocycles. The van der Waals surface area contributed by atoms with Gasteiger partial charge in [0.1, 0.15) is 0 Å². The predicted molar refractivity (Wildman–Crippen MR) is 47.3 cm³/mol. The monoisotopic (exact) mass is 299 g/mol. The molecule has 0 fully saturated rings. The molecular formula is C9H6O6Y. The van der Waals surface area contributed by atoms with Gasteiger partial charge in [0.15, 0.2) is 0 Å². The Labute approximate surface area is 115 Å². The maximum Gasteiger partial charge on any atom is 0.335 e. The Bertz CT molecular complexity index is 374. The van der Waals surface area contributed by atoms with E-state index in [2.05, 4.69) is 0 Å². The summed E-state index contributed by atoms with van der Waals surface area (Å²) in [6, 6.07) is 2.70. The smallest absolute Gasteiger partial charge is 0.335 e. The second-order valence-corrected chi connectivity index (χ2v) is 2.71. The van der Waals surface area contributed by atoms with E-state index in [4.69, 9.17) is 15.3 Å². The summed E-state index contributed by atoms with van der Waals surface area (Å²) in [5, 5.41) is 25.8. The molecule has 6 nitrogen and oxygen atoms in total. The van der Waals surface area contributed by atoms with Gasteiger partial charge in [-0.05, 0) is 18.2 Å². The average molecular weight is 299 g/mol. The fraction of sp³-hybridized carbons (Fsp3) is 0. The summed E-state index contributed by atoms with van der Waals surface area (Å²) in [4.78, 5) is 31.7. The third kappa shape index (κ3) is 3.39. The zero-order valence-electron chi connectivity index (χ0n) is 7.88. The van der Waals surface area contributed by atoms with Crippen molar-refractivity contribution < 1.29 is 62.4 Å². The summed E-state index contributed by atoms with van der Waals surface area (Å²) in [5.74, 6) is -4.12. The van der Waals surface area contributed by atoms with Gasteiger partial charge in [-0.3, -0.25) is 0 Å². The van der Waals surface area contributed by atoms with Crippen molar-refractivity contribution >= 4 is 17.9 Å². The van der Waals surface area contributed by atoms with E-state index in [0.29, 0.717) is 0 Å². The largest absolute Gasteiger partial charge is 0.478 e. The van der Waals surface area contributed by atoms with E-state index in [1.54, 1.807) is 0 Å². The Hall–Kier alpha value is -1.27. The second-order valence-electron chi connectivity index (χ2n) is 2.71. The minimum absolute atomic E-state index is 0. The normalized spacial score (nSPS) is 9.00. The molecule has 0 saturated heterocycles. The Kier molecular flexibility index (Phi) is 5.27. The van der Waals surface area contributed by atoms with E-state index in [-0.39, 0.29) is 49.4 Å². The maximum atomic E-state index is 10.6. The van der Waals surface area contributed by atoms with Gasteiger partial charge in [0.2, 0.25) is 0 Å². The molecule has 7 heteroatoms. The summed E-state index contributed by atoms with van der Waals surface area (Å²) in [6.45, 7) is 0. The molecule has 0 spiro atoms. The number of aromatic carboxylic acids is 3. The Balaban J connectivity index is 0.00000225. The quantitative estimate of drug-likeness (QED) is 0.760. The van der Waals surface area contributed by atoms with Crippen molar-refractivity contribution in [3.8, 4) is 0 Å². The van der Waals surface area contributed by atoms with Crippen molar-refractivity contribution in [2.75, 3.05) is 0 Å². The van der Waals surface area contributed by atoms with Crippen LogP contribution < -0.4 is 0 Å². The maximum absolute atomic E-state index is 10.6. The van der Waals surface area contributed by atoms with Crippen LogP contribution in [0, 0.1) is 0 Å². The molecule has 0 atom stereocenters. The van der Waals surface area contributed by atoms with Crippen molar-refractivity contribution in [2.24, 2.45) is 0 Å². The summed E-state index contributed by atoms with van der Waals surface area (Å²) in [6.07, 6.45) is 0. The first-order valence-electron chi connectivity index (χ1n) is 3.77. The van der Waals surface area contributed by atoms with Crippen LogP contribution in [0.4, 0.5) is 0 Å². The summed E-state index contributed by atoms with van der Waals surface area (Å²) in [5.41, 5.74) is -1.10. The van der Waals surface area contributed by atoms with Crippen LogP contribution in [0.3, 0.4) is 0 Å². The van der Waals surface area contributed by atoms with E-state index in [1.165, 1.54) is 0 Å². The van der Waals surface area contributed by atoms with E-state index in [0.717, 1.165) is 18.2 Å². The molecule has 16 heavy (non-hydrogen) atoms. The molecule has 0 aliphatic rings. The molecule has 1 radical (unpaired) electrons. The van der Waals surface area contributed by atoms with Gasteiger partial charge in [-0.25, -0.2) is 14.4 Å². The van der Waals surface area contributed by atoms with Gasteiger partial charge in [-0.1, -0.05) is 0 Å². The van der Waals surface area contributed by atoms with Crippen molar-refractivity contribution in [3.63, 3.8) is 0 Å². The van der Waals surface area contributed by atoms with Crippen molar-refractivity contribution in [1.29, 1.82) is 0 Å². The average Bonchev–Trinajstić information content (AvgIpc) is 2.16. The van der Waals surface area contributed by atoms with Gasteiger partial charge in [-0.2, -0.15) is 0 Å². The molecule has 0 aromatic heterocycles. The molecule has 1 aromatic rings. The molecule has 0 unspecified atom stereocenters. The first-order chi connectivity index (χ1) is 6.91. The topological polar surface area (TPSA) is 112 Å². The Morgan fingerprint density at radius 1 is 0.688 bits per heavy atom. The predicted octanol–water partition coefficient (Wildman–Crippen LogP) is 0.779. The van der Waals surface area contributed by atoms with Crippen LogP contribution in [0.2, 0.25) is 0 Å². The fourth-order valence-electron chi connectivity index (χ4n) is 0.998. The molecule has 3 N–H and O–H groups in total. The first-order valence-corrected chi connectivity index (χ1v) is 3.77. The zero-order chi connectivity index (χ0) is 11.6. The molecular weight excluding hydrogens is 293 g/mol. The number of carbonyl (C=O) groups is 3. The third-order valence-corrected chi connectivity index (χ3v) is 1.67. The van der Waals surface area contributed by atoms with Crippen LogP contribution in [0.25, 0.3) is 0 Å². The van der Waals surface area contributed by atoms with Gasteiger partial charge in [0.05, 0.1) is 16.7 Å². The SMILES string of the molecule is O=C(O)c1cc(C(=O)O)cc(C(=O)O)c1.[Y]. The van der Waals surface area contributed by atoms with Gasteiger partial charge >= 0.3 is 17.9 Å². The Morgan fingerprint density at radius 3 is 1.00 bits per heavy atom. The van der Waals surface area contributed by atoms with E-state index >= 15 is 0 Å². The number of hydrogen-bond acceptors (Lipinski definition) is 3. The van der Waals surface area contributed by atoms with Gasteiger partial charge in [0, 0.05) is 32.7 Å². The van der Waals surface area contributed by atoms with Crippen LogP contribution in [-0.4, -0.2) is 33.2 Å². The van der Waals surface area contributed by atoms with Crippen molar-refractivity contribution in [1.82, 2.24) is 0 Å². The Morgan fingerprint density at radius 2 is 0.875 bits per heavy atom. The summed E-state index contributed by atoms with van der Waals surface area (Å²) < 4.78 is 0. The number of carboxylic acid groups (broad SMARTS) is 3. The van der Waals surface area contributed by atoms with Gasteiger partial charge in [-0.15, -0.1) is 0 Å². The zero-order valence-corrected chi connectivity index (χ0v) is 10.7. The van der Waals surface area contributed by atoms with E-state index in [1.807, 2.05) is 0 Å². The molecule has 81 valence electrons. The minimum Gasteiger partial charge on any atom is -0.478 e. The van der Waals surface area contributed by atoms with Gasteiger partial charge < -0.3 is 15.3 Å². The van der Waals surface area contributed by atoms with Gasteiger partial charge in [0.25, 0.3) is 0 Å². The molecule has 1 rings (SSSR count). The molecule has 0 aliphatic carbocycles. The molecule has 0 saturated carbocycles. The van der Waals surface area contributed by atoms with Crippen LogP contribution in [0.5, 0.6) is 0 Å². The van der Waals surface area contributed by atoms with Crippen molar-refractivity contribution in [3.05, 3.63) is 34.9 Å². The molecule has 0 amide bonds. The van der Waals surface area contributed by atoms with E-state index < -0.39 is 17.9 Å². The number of hydrogen-bond donors (Lipinski definition) is 3. The number of benzene rings is 1. The van der Waals surface area contributed by atoms with E-state index in [9.17, 15) is 14.4 Å². The van der Waals surface area contributed by atoms with Crippen LogP contribution in [0.1, 0.15) is 31.1 Å².